The van der Waals surface area contributed by atoms with Crippen LogP contribution < -0.4 is 0 Å². The number of nitrogens with zero attached hydrogens (tertiary/aromatic N) is 3. The first-order valence-corrected chi connectivity index (χ1v) is 5.33. The molecule has 0 N–H and O–H groups in total. The third-order valence-corrected chi connectivity index (χ3v) is 2.76. The molecule has 1 rings (SSSR count). The largest absolute Gasteiger partial charge is 0.334 e. The standard InChI is InChI=1S/C7H9N3O3S/c1-3-10-4-7(9-6(10)2)14(12,13)8-5-11/h4H,3H2,1-2H3. The number of rotatable bonds is 3. The predicted molar refractivity (Wildman–Crippen MR) is 47.9 cm³/mol. The molecule has 0 saturated carbocycles. The van der Waals surface area contributed by atoms with Gasteiger partial charge in [-0.1, -0.05) is 4.40 Å². The fourth-order valence-corrected chi connectivity index (χ4v) is 1.72. The van der Waals surface area contributed by atoms with E-state index in [9.17, 15) is 13.2 Å². The Kier molecular flexibility index (Phi) is 2.83. The van der Waals surface area contributed by atoms with Gasteiger partial charge in [0.2, 0.25) is 0 Å². The van der Waals surface area contributed by atoms with Gasteiger partial charge in [0.05, 0.1) is 0 Å². The topological polar surface area (TPSA) is 81.4 Å². The number of aryl methyl sites for hydroxylation is 2. The SMILES string of the molecule is CCn1cc(S(=O)(=O)N=C=O)nc1C. The fraction of sp³-hybridized carbons (Fsp3) is 0.429. The minimum absolute atomic E-state index is 0.222. The molecule has 0 spiro atoms. The number of imidazole rings is 1. The van der Waals surface area contributed by atoms with Gasteiger partial charge in [0, 0.05) is 12.7 Å². The van der Waals surface area contributed by atoms with Crippen LogP contribution in [0.15, 0.2) is 15.6 Å². The van der Waals surface area contributed by atoms with Crippen LogP contribution >= 0.6 is 0 Å². The summed E-state index contributed by atoms with van der Waals surface area (Å²) < 4.78 is 26.8. The summed E-state index contributed by atoms with van der Waals surface area (Å²) in [5, 5.41) is -0.222. The van der Waals surface area contributed by atoms with Crippen molar-refractivity contribution in [2.24, 2.45) is 4.40 Å². The molecule has 0 saturated heterocycles. The Morgan fingerprint density at radius 1 is 1.64 bits per heavy atom. The predicted octanol–water partition coefficient (Wildman–Crippen LogP) is 0.236. The maximum atomic E-state index is 11.2. The lowest BCUT2D eigenvalue weighted by molar-refractivity contribution is 0.563. The molecule has 6 nitrogen and oxygen atoms in total. The minimum Gasteiger partial charge on any atom is -0.334 e. The van der Waals surface area contributed by atoms with E-state index in [1.807, 2.05) is 6.92 Å². The third kappa shape index (κ3) is 1.89. The third-order valence-electron chi connectivity index (χ3n) is 1.72. The number of sulfonamides is 1. The summed E-state index contributed by atoms with van der Waals surface area (Å²) in [7, 11) is -3.95. The van der Waals surface area contributed by atoms with Crippen LogP contribution in [0.5, 0.6) is 0 Å². The van der Waals surface area contributed by atoms with Gasteiger partial charge in [-0.25, -0.2) is 9.78 Å². The molecule has 76 valence electrons. The van der Waals surface area contributed by atoms with Crippen LogP contribution in [0, 0.1) is 6.92 Å². The van der Waals surface area contributed by atoms with Crippen LogP contribution in [0.25, 0.3) is 0 Å². The van der Waals surface area contributed by atoms with Crippen molar-refractivity contribution in [3.8, 4) is 0 Å². The normalized spacial score (nSPS) is 11.0. The second-order valence-electron chi connectivity index (χ2n) is 2.57. The summed E-state index contributed by atoms with van der Waals surface area (Å²) in [6, 6.07) is 0. The number of aromatic nitrogens is 2. The fourth-order valence-electron chi connectivity index (χ4n) is 1.02. The highest BCUT2D eigenvalue weighted by molar-refractivity contribution is 7.90. The van der Waals surface area contributed by atoms with E-state index in [0.717, 1.165) is 6.08 Å². The lowest BCUT2D eigenvalue weighted by atomic mass is 10.6. The number of hydrogen-bond acceptors (Lipinski definition) is 4. The van der Waals surface area contributed by atoms with Gasteiger partial charge in [0.1, 0.15) is 5.82 Å². The lowest BCUT2D eigenvalue weighted by Crippen LogP contribution is -1.96. The van der Waals surface area contributed by atoms with Gasteiger partial charge < -0.3 is 4.57 Å². The van der Waals surface area contributed by atoms with Gasteiger partial charge in [-0.05, 0) is 13.8 Å². The Morgan fingerprint density at radius 2 is 2.29 bits per heavy atom. The molecule has 14 heavy (non-hydrogen) atoms. The molecule has 0 amide bonds. The first-order valence-electron chi connectivity index (χ1n) is 3.89. The smallest absolute Gasteiger partial charge is 0.311 e. The monoisotopic (exact) mass is 215 g/mol. The van der Waals surface area contributed by atoms with E-state index in [1.54, 1.807) is 11.5 Å². The highest BCUT2D eigenvalue weighted by atomic mass is 32.2. The van der Waals surface area contributed by atoms with E-state index in [4.69, 9.17) is 0 Å². The van der Waals surface area contributed by atoms with E-state index >= 15 is 0 Å². The van der Waals surface area contributed by atoms with Crippen molar-refractivity contribution < 1.29 is 13.2 Å². The van der Waals surface area contributed by atoms with Crippen LogP contribution in [0.2, 0.25) is 0 Å². The average Bonchev–Trinajstić information content (AvgIpc) is 2.47. The minimum atomic E-state index is -3.95. The first kappa shape index (κ1) is 10.6. The van der Waals surface area contributed by atoms with Crippen molar-refractivity contribution in [1.29, 1.82) is 0 Å². The van der Waals surface area contributed by atoms with E-state index in [-0.39, 0.29) is 5.03 Å². The molecule has 0 aliphatic rings. The van der Waals surface area contributed by atoms with Gasteiger partial charge in [0.25, 0.3) is 6.08 Å². The number of isocyanates is 1. The summed E-state index contributed by atoms with van der Waals surface area (Å²) in [5.74, 6) is 0.562. The van der Waals surface area contributed by atoms with Crippen LogP contribution in [-0.4, -0.2) is 24.0 Å². The molecule has 0 radical (unpaired) electrons. The summed E-state index contributed by atoms with van der Waals surface area (Å²) in [6.07, 6.45) is 2.33. The molecule has 0 unspecified atom stereocenters. The Labute approximate surface area is 81.3 Å². The van der Waals surface area contributed by atoms with Crippen LogP contribution in [0.4, 0.5) is 0 Å². The molecule has 0 atom stereocenters. The Bertz CT molecular complexity index is 482. The summed E-state index contributed by atoms with van der Waals surface area (Å²) in [6.45, 7) is 4.14. The molecule has 1 aromatic rings. The van der Waals surface area contributed by atoms with Crippen molar-refractivity contribution in [2.75, 3.05) is 0 Å². The zero-order chi connectivity index (χ0) is 10.8. The van der Waals surface area contributed by atoms with E-state index in [0.29, 0.717) is 12.4 Å². The Balaban J connectivity index is 3.28. The Hall–Kier alpha value is -1.46. The molecule has 0 bridgehead atoms. The van der Waals surface area contributed by atoms with Gasteiger partial charge in [-0.2, -0.15) is 8.42 Å². The van der Waals surface area contributed by atoms with Crippen molar-refractivity contribution in [3.05, 3.63) is 12.0 Å². The molecular formula is C7H9N3O3S. The van der Waals surface area contributed by atoms with Crippen molar-refractivity contribution in [1.82, 2.24) is 9.55 Å². The first-order chi connectivity index (χ1) is 6.51. The summed E-state index contributed by atoms with van der Waals surface area (Å²) in [4.78, 5) is 13.6. The van der Waals surface area contributed by atoms with Crippen molar-refractivity contribution >= 4 is 16.1 Å². The zero-order valence-electron chi connectivity index (χ0n) is 7.76. The molecule has 1 aromatic heterocycles. The molecule has 7 heteroatoms. The lowest BCUT2D eigenvalue weighted by Gasteiger charge is -1.95. The maximum absolute atomic E-state index is 11.2. The van der Waals surface area contributed by atoms with Crippen LogP contribution in [0.3, 0.4) is 0 Å². The van der Waals surface area contributed by atoms with E-state index in [2.05, 4.69) is 9.38 Å². The number of carbonyl (C=O) groups excluding carboxylic acids is 1. The second-order valence-corrected chi connectivity index (χ2v) is 4.12. The average molecular weight is 215 g/mol. The van der Waals surface area contributed by atoms with E-state index < -0.39 is 10.0 Å². The molecule has 0 fully saturated rings. The number of hydrogen-bond donors (Lipinski definition) is 0. The quantitative estimate of drug-likeness (QED) is 0.534. The van der Waals surface area contributed by atoms with Crippen molar-refractivity contribution in [2.45, 2.75) is 25.4 Å². The highest BCUT2D eigenvalue weighted by Gasteiger charge is 2.17. The van der Waals surface area contributed by atoms with Crippen molar-refractivity contribution in [3.63, 3.8) is 0 Å². The van der Waals surface area contributed by atoms with Crippen LogP contribution in [0.1, 0.15) is 12.7 Å². The molecule has 0 aliphatic carbocycles. The zero-order valence-corrected chi connectivity index (χ0v) is 8.58. The van der Waals surface area contributed by atoms with Gasteiger partial charge >= 0.3 is 10.0 Å². The Morgan fingerprint density at radius 3 is 2.71 bits per heavy atom. The second kappa shape index (κ2) is 3.73. The summed E-state index contributed by atoms with van der Waals surface area (Å²) >= 11 is 0. The van der Waals surface area contributed by atoms with Gasteiger partial charge in [0.15, 0.2) is 5.03 Å². The van der Waals surface area contributed by atoms with Gasteiger partial charge in [-0.3, -0.25) is 0 Å². The highest BCUT2D eigenvalue weighted by Crippen LogP contribution is 2.11. The van der Waals surface area contributed by atoms with E-state index in [1.165, 1.54) is 6.20 Å². The molecule has 0 aromatic carbocycles. The van der Waals surface area contributed by atoms with Crippen LogP contribution in [-0.2, 0) is 21.4 Å². The molecule has 0 aliphatic heterocycles. The maximum Gasteiger partial charge on any atom is 0.311 e. The molecular weight excluding hydrogens is 206 g/mol. The van der Waals surface area contributed by atoms with Gasteiger partial charge in [-0.15, -0.1) is 0 Å². The molecule has 1 heterocycles. The summed E-state index contributed by atoms with van der Waals surface area (Å²) in [5.41, 5.74) is 0.